The monoisotopic (exact) mass is 240 g/mol. The van der Waals surface area contributed by atoms with Gasteiger partial charge in [-0.1, -0.05) is 35.5 Å². The Kier molecular flexibility index (Phi) is 2.37. The molecule has 5 nitrogen and oxygen atoms in total. The molecule has 90 valence electrons. The lowest BCUT2D eigenvalue weighted by Crippen LogP contribution is -1.92. The maximum absolute atomic E-state index is 5.55. The van der Waals surface area contributed by atoms with Crippen LogP contribution >= 0.6 is 0 Å². The van der Waals surface area contributed by atoms with E-state index < -0.39 is 0 Å². The second-order valence-electron chi connectivity index (χ2n) is 4.02. The van der Waals surface area contributed by atoms with Crippen molar-refractivity contribution in [2.75, 3.05) is 5.73 Å². The standard InChI is InChI=1S/C13H12N4O/c1-17-11(12-8-13(14)16-18-12)7-10(15-17)9-5-3-2-4-6-9/h2-8H,1H3,(H2,14,16). The summed E-state index contributed by atoms with van der Waals surface area (Å²) in [6.45, 7) is 0. The van der Waals surface area contributed by atoms with Crippen molar-refractivity contribution in [1.29, 1.82) is 0 Å². The summed E-state index contributed by atoms with van der Waals surface area (Å²) in [6, 6.07) is 13.6. The molecule has 0 radical (unpaired) electrons. The van der Waals surface area contributed by atoms with E-state index in [1.165, 1.54) is 0 Å². The van der Waals surface area contributed by atoms with Gasteiger partial charge in [0.05, 0.1) is 5.69 Å². The van der Waals surface area contributed by atoms with Crippen LogP contribution in [0, 0.1) is 0 Å². The molecule has 0 bridgehead atoms. The van der Waals surface area contributed by atoms with Gasteiger partial charge in [0.15, 0.2) is 11.6 Å². The van der Waals surface area contributed by atoms with Gasteiger partial charge in [0.2, 0.25) is 0 Å². The van der Waals surface area contributed by atoms with Crippen molar-refractivity contribution in [2.45, 2.75) is 0 Å². The molecule has 5 heteroatoms. The van der Waals surface area contributed by atoms with Gasteiger partial charge < -0.3 is 10.3 Å². The first-order valence-corrected chi connectivity index (χ1v) is 5.56. The molecule has 0 saturated heterocycles. The molecular formula is C13H12N4O. The Labute approximate surface area is 104 Å². The Bertz CT molecular complexity index is 669. The minimum Gasteiger partial charge on any atom is -0.381 e. The van der Waals surface area contributed by atoms with E-state index in [1.54, 1.807) is 10.7 Å². The smallest absolute Gasteiger partial charge is 0.187 e. The summed E-state index contributed by atoms with van der Waals surface area (Å²) in [5.74, 6) is 0.983. The second-order valence-corrected chi connectivity index (χ2v) is 4.02. The van der Waals surface area contributed by atoms with E-state index in [1.807, 2.05) is 43.4 Å². The van der Waals surface area contributed by atoms with Crippen LogP contribution < -0.4 is 5.73 Å². The van der Waals surface area contributed by atoms with Crippen LogP contribution in [-0.2, 0) is 7.05 Å². The molecule has 0 aliphatic carbocycles. The fourth-order valence-electron chi connectivity index (χ4n) is 1.86. The van der Waals surface area contributed by atoms with E-state index >= 15 is 0 Å². The summed E-state index contributed by atoms with van der Waals surface area (Å²) in [6.07, 6.45) is 0. The fourth-order valence-corrected chi connectivity index (χ4v) is 1.86. The highest BCUT2D eigenvalue weighted by Gasteiger charge is 2.12. The number of nitrogen functional groups attached to an aromatic ring is 1. The molecule has 2 N–H and O–H groups in total. The summed E-state index contributed by atoms with van der Waals surface area (Å²) in [4.78, 5) is 0. The summed E-state index contributed by atoms with van der Waals surface area (Å²) < 4.78 is 6.90. The van der Waals surface area contributed by atoms with Gasteiger partial charge in [-0.05, 0) is 6.07 Å². The molecular weight excluding hydrogens is 228 g/mol. The van der Waals surface area contributed by atoms with E-state index in [2.05, 4.69) is 10.3 Å². The van der Waals surface area contributed by atoms with Gasteiger partial charge in [-0.2, -0.15) is 5.10 Å². The minimum atomic E-state index is 0.368. The molecule has 0 fully saturated rings. The third-order valence-electron chi connectivity index (χ3n) is 2.73. The van der Waals surface area contributed by atoms with Crippen molar-refractivity contribution < 1.29 is 4.52 Å². The number of aryl methyl sites for hydroxylation is 1. The first-order valence-electron chi connectivity index (χ1n) is 5.56. The zero-order valence-corrected chi connectivity index (χ0v) is 9.87. The van der Waals surface area contributed by atoms with Crippen LogP contribution in [0.3, 0.4) is 0 Å². The Morgan fingerprint density at radius 3 is 2.61 bits per heavy atom. The van der Waals surface area contributed by atoms with Crippen molar-refractivity contribution in [1.82, 2.24) is 14.9 Å². The van der Waals surface area contributed by atoms with Crippen molar-refractivity contribution in [3.8, 4) is 22.7 Å². The normalized spacial score (nSPS) is 10.7. The number of nitrogens with zero attached hydrogens (tertiary/aromatic N) is 3. The maximum atomic E-state index is 5.55. The first kappa shape index (κ1) is 10.6. The quantitative estimate of drug-likeness (QED) is 0.746. The van der Waals surface area contributed by atoms with E-state index in [0.29, 0.717) is 11.6 Å². The van der Waals surface area contributed by atoms with E-state index in [0.717, 1.165) is 17.0 Å². The average Bonchev–Trinajstić information content (AvgIpc) is 2.97. The highest BCUT2D eigenvalue weighted by Crippen LogP contribution is 2.26. The molecule has 0 spiro atoms. The van der Waals surface area contributed by atoms with Gasteiger partial charge in [-0.25, -0.2) is 0 Å². The minimum absolute atomic E-state index is 0.368. The summed E-state index contributed by atoms with van der Waals surface area (Å²) in [5, 5.41) is 8.13. The lowest BCUT2D eigenvalue weighted by Gasteiger charge is -1.94. The fraction of sp³-hybridized carbons (Fsp3) is 0.0769. The van der Waals surface area contributed by atoms with Gasteiger partial charge in [-0.15, -0.1) is 0 Å². The van der Waals surface area contributed by atoms with Crippen LogP contribution in [0.4, 0.5) is 5.82 Å². The summed E-state index contributed by atoms with van der Waals surface area (Å²) >= 11 is 0. The number of rotatable bonds is 2. The third-order valence-corrected chi connectivity index (χ3v) is 2.73. The van der Waals surface area contributed by atoms with Crippen LogP contribution in [0.1, 0.15) is 0 Å². The molecule has 0 saturated carbocycles. The molecule has 0 aliphatic rings. The lowest BCUT2D eigenvalue weighted by atomic mass is 10.1. The van der Waals surface area contributed by atoms with Crippen molar-refractivity contribution in [3.05, 3.63) is 42.5 Å². The van der Waals surface area contributed by atoms with Gasteiger partial charge in [0.25, 0.3) is 0 Å². The number of hydrogen-bond acceptors (Lipinski definition) is 4. The van der Waals surface area contributed by atoms with Crippen molar-refractivity contribution in [2.24, 2.45) is 7.05 Å². The Morgan fingerprint density at radius 1 is 1.17 bits per heavy atom. The van der Waals surface area contributed by atoms with Gasteiger partial charge in [-0.3, -0.25) is 4.68 Å². The Hall–Kier alpha value is -2.56. The molecule has 2 aromatic heterocycles. The second kappa shape index (κ2) is 4.03. The molecule has 0 amide bonds. The van der Waals surface area contributed by atoms with Crippen LogP contribution in [-0.4, -0.2) is 14.9 Å². The van der Waals surface area contributed by atoms with E-state index in [-0.39, 0.29) is 0 Å². The zero-order chi connectivity index (χ0) is 12.5. The van der Waals surface area contributed by atoms with Crippen LogP contribution in [0.15, 0.2) is 47.0 Å². The van der Waals surface area contributed by atoms with Crippen LogP contribution in [0.25, 0.3) is 22.7 Å². The van der Waals surface area contributed by atoms with Crippen LogP contribution in [0.5, 0.6) is 0 Å². The molecule has 2 heterocycles. The Balaban J connectivity index is 2.06. The highest BCUT2D eigenvalue weighted by molar-refractivity contribution is 5.66. The van der Waals surface area contributed by atoms with Gasteiger partial charge >= 0.3 is 0 Å². The van der Waals surface area contributed by atoms with Crippen LogP contribution in [0.2, 0.25) is 0 Å². The lowest BCUT2D eigenvalue weighted by molar-refractivity contribution is 0.432. The summed E-state index contributed by atoms with van der Waals surface area (Å²) in [7, 11) is 1.86. The zero-order valence-electron chi connectivity index (χ0n) is 9.87. The predicted octanol–water partition coefficient (Wildman–Crippen LogP) is 2.32. The first-order chi connectivity index (χ1) is 8.74. The molecule has 3 rings (SSSR count). The summed E-state index contributed by atoms with van der Waals surface area (Å²) in [5.41, 5.74) is 8.35. The number of anilines is 1. The molecule has 18 heavy (non-hydrogen) atoms. The molecule has 0 aliphatic heterocycles. The maximum Gasteiger partial charge on any atom is 0.187 e. The van der Waals surface area contributed by atoms with Gasteiger partial charge in [0.1, 0.15) is 5.69 Å². The van der Waals surface area contributed by atoms with E-state index in [9.17, 15) is 0 Å². The third kappa shape index (κ3) is 1.75. The predicted molar refractivity (Wildman–Crippen MR) is 68.6 cm³/mol. The molecule has 0 atom stereocenters. The molecule has 0 unspecified atom stereocenters. The number of benzene rings is 1. The average molecular weight is 240 g/mol. The topological polar surface area (TPSA) is 69.9 Å². The highest BCUT2D eigenvalue weighted by atomic mass is 16.5. The van der Waals surface area contributed by atoms with Gasteiger partial charge in [0, 0.05) is 18.7 Å². The number of aromatic nitrogens is 3. The SMILES string of the molecule is Cn1nc(-c2ccccc2)cc1-c1cc(N)no1. The Morgan fingerprint density at radius 2 is 1.94 bits per heavy atom. The van der Waals surface area contributed by atoms with Crippen molar-refractivity contribution >= 4 is 5.82 Å². The molecule has 1 aromatic carbocycles. The number of nitrogens with two attached hydrogens (primary N) is 1. The largest absolute Gasteiger partial charge is 0.381 e. The van der Waals surface area contributed by atoms with E-state index in [4.69, 9.17) is 10.3 Å². The van der Waals surface area contributed by atoms with Crippen molar-refractivity contribution in [3.63, 3.8) is 0 Å². The number of hydrogen-bond donors (Lipinski definition) is 1. The molecule has 3 aromatic rings.